The first-order chi connectivity index (χ1) is 18.1. The molecule has 1 heterocycles. The van der Waals surface area contributed by atoms with E-state index in [4.69, 9.17) is 25.8 Å². The summed E-state index contributed by atoms with van der Waals surface area (Å²) < 4.78 is 16.3. The SMILES string of the molecule is COC(=O)c1ccc(CN(CC2CN(C(=O)OC(C)(C)C)C2)c2ccc(Oc3ccc(Cl)cc3)cc2)cc1. The highest BCUT2D eigenvalue weighted by Gasteiger charge is 2.34. The lowest BCUT2D eigenvalue weighted by Crippen LogP contribution is -2.54. The Kier molecular flexibility index (Phi) is 8.47. The minimum absolute atomic E-state index is 0.276. The average molecular weight is 537 g/mol. The van der Waals surface area contributed by atoms with Crippen LogP contribution in [-0.4, -0.2) is 49.3 Å². The van der Waals surface area contributed by atoms with Crippen molar-refractivity contribution in [2.24, 2.45) is 5.92 Å². The second-order valence-corrected chi connectivity index (χ2v) is 10.8. The number of nitrogens with zero attached hydrogens (tertiary/aromatic N) is 2. The van der Waals surface area contributed by atoms with Gasteiger partial charge in [0.05, 0.1) is 12.7 Å². The van der Waals surface area contributed by atoms with Gasteiger partial charge in [0.25, 0.3) is 0 Å². The van der Waals surface area contributed by atoms with Crippen LogP contribution in [0.4, 0.5) is 10.5 Å². The highest BCUT2D eigenvalue weighted by Crippen LogP contribution is 2.29. The molecule has 4 rings (SSSR count). The van der Waals surface area contributed by atoms with Gasteiger partial charge in [-0.15, -0.1) is 0 Å². The Hall–Kier alpha value is -3.71. The van der Waals surface area contributed by atoms with Crippen LogP contribution in [0, 0.1) is 5.92 Å². The number of methoxy groups -OCH3 is 1. The molecular weight excluding hydrogens is 504 g/mol. The van der Waals surface area contributed by atoms with Crippen molar-refractivity contribution in [3.63, 3.8) is 0 Å². The zero-order chi connectivity index (χ0) is 27.3. The molecule has 1 fully saturated rings. The number of rotatable bonds is 8. The Bertz CT molecular complexity index is 1230. The topological polar surface area (TPSA) is 68.3 Å². The number of ether oxygens (including phenoxy) is 3. The van der Waals surface area contributed by atoms with E-state index in [0.717, 1.165) is 23.5 Å². The monoisotopic (exact) mass is 536 g/mol. The third-order valence-electron chi connectivity index (χ3n) is 6.09. The van der Waals surface area contributed by atoms with Crippen LogP contribution in [0.3, 0.4) is 0 Å². The molecule has 3 aromatic rings. The summed E-state index contributed by atoms with van der Waals surface area (Å²) in [6.07, 6.45) is -0.276. The number of halogens is 1. The maximum absolute atomic E-state index is 12.4. The van der Waals surface area contributed by atoms with Crippen molar-refractivity contribution < 1.29 is 23.8 Å². The number of anilines is 1. The van der Waals surface area contributed by atoms with Crippen molar-refractivity contribution in [3.8, 4) is 11.5 Å². The van der Waals surface area contributed by atoms with Gasteiger partial charge >= 0.3 is 12.1 Å². The van der Waals surface area contributed by atoms with E-state index in [9.17, 15) is 9.59 Å². The first-order valence-electron chi connectivity index (χ1n) is 12.5. The quantitative estimate of drug-likeness (QED) is 0.295. The summed E-state index contributed by atoms with van der Waals surface area (Å²) in [6.45, 7) is 8.30. The minimum atomic E-state index is -0.513. The van der Waals surface area contributed by atoms with Gasteiger partial charge in [-0.1, -0.05) is 23.7 Å². The van der Waals surface area contributed by atoms with E-state index in [-0.39, 0.29) is 12.1 Å². The van der Waals surface area contributed by atoms with Crippen molar-refractivity contribution in [1.82, 2.24) is 4.90 Å². The summed E-state index contributed by atoms with van der Waals surface area (Å²) in [6, 6.07) is 22.6. The summed E-state index contributed by atoms with van der Waals surface area (Å²) in [5.74, 6) is 1.38. The van der Waals surface area contributed by atoms with Gasteiger partial charge in [-0.05, 0) is 87.0 Å². The third-order valence-corrected chi connectivity index (χ3v) is 6.34. The van der Waals surface area contributed by atoms with E-state index >= 15 is 0 Å². The lowest BCUT2D eigenvalue weighted by molar-refractivity contribution is 0.0000116. The summed E-state index contributed by atoms with van der Waals surface area (Å²) in [5, 5.41) is 0.657. The molecule has 0 atom stereocenters. The van der Waals surface area contributed by atoms with E-state index in [1.807, 2.05) is 69.3 Å². The predicted octanol–water partition coefficient (Wildman–Crippen LogP) is 6.79. The molecule has 8 heteroatoms. The molecule has 7 nitrogen and oxygen atoms in total. The number of esters is 1. The first kappa shape index (κ1) is 27.3. The normalized spacial score (nSPS) is 13.4. The highest BCUT2D eigenvalue weighted by molar-refractivity contribution is 6.30. The zero-order valence-corrected chi connectivity index (χ0v) is 22.9. The number of likely N-dealkylation sites (tertiary alicyclic amines) is 1. The summed E-state index contributed by atoms with van der Waals surface area (Å²) in [5.41, 5.74) is 2.09. The van der Waals surface area contributed by atoms with Crippen LogP contribution in [0.2, 0.25) is 5.02 Å². The molecule has 0 spiro atoms. The van der Waals surface area contributed by atoms with Gasteiger partial charge in [0.1, 0.15) is 17.1 Å². The fourth-order valence-corrected chi connectivity index (χ4v) is 4.31. The molecule has 3 aromatic carbocycles. The van der Waals surface area contributed by atoms with E-state index in [1.54, 1.807) is 29.2 Å². The molecule has 1 saturated heterocycles. The lowest BCUT2D eigenvalue weighted by Gasteiger charge is -2.42. The Morgan fingerprint density at radius 1 is 0.921 bits per heavy atom. The van der Waals surface area contributed by atoms with Gasteiger partial charge in [-0.3, -0.25) is 0 Å². The fourth-order valence-electron chi connectivity index (χ4n) is 4.18. The summed E-state index contributed by atoms with van der Waals surface area (Å²) >= 11 is 5.97. The van der Waals surface area contributed by atoms with Crippen molar-refractivity contribution in [2.75, 3.05) is 31.6 Å². The van der Waals surface area contributed by atoms with Crippen LogP contribution >= 0.6 is 11.6 Å². The Morgan fingerprint density at radius 3 is 2.05 bits per heavy atom. The molecule has 1 amide bonds. The Labute approximate surface area is 228 Å². The summed E-state index contributed by atoms with van der Waals surface area (Å²) in [4.78, 5) is 28.2. The van der Waals surface area contributed by atoms with E-state index in [1.165, 1.54) is 7.11 Å². The summed E-state index contributed by atoms with van der Waals surface area (Å²) in [7, 11) is 1.37. The highest BCUT2D eigenvalue weighted by atomic mass is 35.5. The van der Waals surface area contributed by atoms with Crippen LogP contribution in [0.25, 0.3) is 0 Å². The number of carbonyl (C=O) groups excluding carboxylic acids is 2. The zero-order valence-electron chi connectivity index (χ0n) is 22.1. The third kappa shape index (κ3) is 7.42. The second kappa shape index (κ2) is 11.8. The Balaban J connectivity index is 1.46. The molecule has 200 valence electrons. The first-order valence-corrected chi connectivity index (χ1v) is 12.9. The van der Waals surface area contributed by atoms with Crippen molar-refractivity contribution in [2.45, 2.75) is 32.9 Å². The van der Waals surface area contributed by atoms with Crippen molar-refractivity contribution >= 4 is 29.4 Å². The largest absolute Gasteiger partial charge is 0.465 e. The van der Waals surface area contributed by atoms with Gasteiger partial charge in [0.15, 0.2) is 0 Å². The molecule has 0 bridgehead atoms. The predicted molar refractivity (Wildman–Crippen MR) is 148 cm³/mol. The van der Waals surface area contributed by atoms with Gasteiger partial charge in [0, 0.05) is 42.8 Å². The number of benzene rings is 3. The van der Waals surface area contributed by atoms with Crippen LogP contribution in [0.15, 0.2) is 72.8 Å². The second-order valence-electron chi connectivity index (χ2n) is 10.4. The molecule has 38 heavy (non-hydrogen) atoms. The van der Waals surface area contributed by atoms with Gasteiger partial charge in [-0.25, -0.2) is 9.59 Å². The van der Waals surface area contributed by atoms with Crippen LogP contribution in [0.1, 0.15) is 36.7 Å². The smallest absolute Gasteiger partial charge is 0.410 e. The van der Waals surface area contributed by atoms with Crippen LogP contribution in [0.5, 0.6) is 11.5 Å². The van der Waals surface area contributed by atoms with E-state index in [0.29, 0.717) is 41.9 Å². The number of carbonyl (C=O) groups is 2. The standard InChI is InChI=1S/C30H33ClN2O5/c1-30(2,3)38-29(35)33-19-22(20-33)18-32(17-21-5-7-23(8-6-21)28(34)36-4)25-11-15-27(16-12-25)37-26-13-9-24(31)10-14-26/h5-16,22H,17-20H2,1-4H3. The molecule has 0 saturated carbocycles. The van der Waals surface area contributed by atoms with Crippen molar-refractivity contribution in [1.29, 1.82) is 0 Å². The van der Waals surface area contributed by atoms with E-state index < -0.39 is 5.60 Å². The van der Waals surface area contributed by atoms with Crippen molar-refractivity contribution in [3.05, 3.63) is 88.9 Å². The maximum Gasteiger partial charge on any atom is 0.410 e. The fraction of sp³-hybridized carbons (Fsp3) is 0.333. The minimum Gasteiger partial charge on any atom is -0.465 e. The number of hydrogen-bond donors (Lipinski definition) is 0. The van der Waals surface area contributed by atoms with Gasteiger partial charge in [0.2, 0.25) is 0 Å². The molecule has 0 unspecified atom stereocenters. The maximum atomic E-state index is 12.4. The molecule has 0 aromatic heterocycles. The number of amides is 1. The molecule has 0 radical (unpaired) electrons. The molecule has 1 aliphatic heterocycles. The van der Waals surface area contributed by atoms with Crippen LogP contribution in [-0.2, 0) is 16.0 Å². The van der Waals surface area contributed by atoms with E-state index in [2.05, 4.69) is 4.90 Å². The number of hydrogen-bond acceptors (Lipinski definition) is 6. The molecule has 0 aliphatic carbocycles. The molecular formula is C30H33ClN2O5. The average Bonchev–Trinajstić information content (AvgIpc) is 2.86. The lowest BCUT2D eigenvalue weighted by atomic mass is 9.99. The van der Waals surface area contributed by atoms with Crippen LogP contribution < -0.4 is 9.64 Å². The molecule has 1 aliphatic rings. The van der Waals surface area contributed by atoms with Gasteiger partial charge in [-0.2, -0.15) is 0 Å². The molecule has 0 N–H and O–H groups in total. The van der Waals surface area contributed by atoms with Gasteiger partial charge < -0.3 is 24.0 Å². The Morgan fingerprint density at radius 2 is 1.50 bits per heavy atom.